The molecule has 3 aromatic rings. The zero-order valence-electron chi connectivity index (χ0n) is 11.5. The Hall–Kier alpha value is -2.62. The van der Waals surface area contributed by atoms with Gasteiger partial charge in [0.2, 0.25) is 0 Å². The summed E-state index contributed by atoms with van der Waals surface area (Å²) in [6.07, 6.45) is 2.35. The molecule has 4 heteroatoms. The second-order valence-corrected chi connectivity index (χ2v) is 4.87. The van der Waals surface area contributed by atoms with Crippen LogP contribution in [-0.2, 0) is 6.42 Å². The third-order valence-corrected chi connectivity index (χ3v) is 3.47. The number of nitrogens with zero attached hydrogens (tertiary/aromatic N) is 1. The number of anilines is 2. The van der Waals surface area contributed by atoms with Crippen LogP contribution in [0.1, 0.15) is 5.56 Å². The Balaban J connectivity index is 1.77. The lowest BCUT2D eigenvalue weighted by Crippen LogP contribution is -2.07. The first kappa shape index (κ1) is 13.4. The molecule has 0 atom stereocenters. The Kier molecular flexibility index (Phi) is 3.69. The Morgan fingerprint density at radius 1 is 1.05 bits per heavy atom. The van der Waals surface area contributed by atoms with E-state index in [1.807, 2.05) is 30.3 Å². The van der Waals surface area contributed by atoms with E-state index in [0.717, 1.165) is 16.6 Å². The van der Waals surface area contributed by atoms with Crippen molar-refractivity contribution in [1.29, 1.82) is 0 Å². The van der Waals surface area contributed by atoms with Gasteiger partial charge >= 0.3 is 0 Å². The van der Waals surface area contributed by atoms with Crippen molar-refractivity contribution < 1.29 is 4.39 Å². The van der Waals surface area contributed by atoms with Crippen LogP contribution in [0.3, 0.4) is 0 Å². The molecule has 1 heterocycles. The van der Waals surface area contributed by atoms with Crippen molar-refractivity contribution in [2.75, 3.05) is 17.6 Å². The van der Waals surface area contributed by atoms with Gasteiger partial charge in [0.1, 0.15) is 5.82 Å². The van der Waals surface area contributed by atoms with Gasteiger partial charge in [-0.15, -0.1) is 0 Å². The minimum Gasteiger partial charge on any atom is -0.397 e. The molecule has 21 heavy (non-hydrogen) atoms. The van der Waals surface area contributed by atoms with E-state index in [9.17, 15) is 4.39 Å². The van der Waals surface area contributed by atoms with Gasteiger partial charge < -0.3 is 11.1 Å². The largest absolute Gasteiger partial charge is 0.397 e. The van der Waals surface area contributed by atoms with E-state index in [-0.39, 0.29) is 5.82 Å². The fraction of sp³-hybridized carbons (Fsp3) is 0.118. The lowest BCUT2D eigenvalue weighted by atomic mass is 10.1. The smallest absolute Gasteiger partial charge is 0.126 e. The minimum atomic E-state index is -0.164. The Labute approximate surface area is 122 Å². The molecule has 3 N–H and O–H groups in total. The van der Waals surface area contributed by atoms with Crippen LogP contribution in [-0.4, -0.2) is 11.5 Å². The van der Waals surface area contributed by atoms with E-state index in [0.29, 0.717) is 24.2 Å². The highest BCUT2D eigenvalue weighted by atomic mass is 19.1. The quantitative estimate of drug-likeness (QED) is 0.718. The molecule has 1 aromatic heterocycles. The molecule has 0 aliphatic heterocycles. The number of nitrogens with one attached hydrogen (secondary N) is 1. The zero-order valence-corrected chi connectivity index (χ0v) is 11.5. The second kappa shape index (κ2) is 5.79. The summed E-state index contributed by atoms with van der Waals surface area (Å²) in [4.78, 5) is 4.30. The molecule has 0 fully saturated rings. The summed E-state index contributed by atoms with van der Waals surface area (Å²) >= 11 is 0. The van der Waals surface area contributed by atoms with E-state index in [2.05, 4.69) is 10.3 Å². The number of nitrogens with two attached hydrogens (primary N) is 1. The lowest BCUT2D eigenvalue weighted by molar-refractivity contribution is 0.610. The summed E-state index contributed by atoms with van der Waals surface area (Å²) in [5.74, 6) is -0.164. The highest BCUT2D eigenvalue weighted by Crippen LogP contribution is 2.26. The summed E-state index contributed by atoms with van der Waals surface area (Å²) in [5.41, 5.74) is 9.04. The molecule has 0 saturated heterocycles. The van der Waals surface area contributed by atoms with E-state index in [1.54, 1.807) is 18.3 Å². The van der Waals surface area contributed by atoms with Gasteiger partial charge in [0.05, 0.1) is 11.2 Å². The maximum atomic E-state index is 13.6. The molecule has 0 bridgehead atoms. The van der Waals surface area contributed by atoms with Gasteiger partial charge in [0.15, 0.2) is 0 Å². The topological polar surface area (TPSA) is 50.9 Å². The van der Waals surface area contributed by atoms with Gasteiger partial charge in [-0.25, -0.2) is 4.39 Å². The van der Waals surface area contributed by atoms with Gasteiger partial charge in [-0.1, -0.05) is 18.2 Å². The zero-order chi connectivity index (χ0) is 14.7. The number of halogens is 1. The van der Waals surface area contributed by atoms with Crippen molar-refractivity contribution in [3.63, 3.8) is 0 Å². The van der Waals surface area contributed by atoms with Crippen molar-refractivity contribution in [3.05, 3.63) is 66.1 Å². The van der Waals surface area contributed by atoms with Crippen LogP contribution in [0, 0.1) is 5.82 Å². The van der Waals surface area contributed by atoms with Crippen LogP contribution >= 0.6 is 0 Å². The van der Waals surface area contributed by atoms with Gasteiger partial charge in [-0.2, -0.15) is 0 Å². The van der Waals surface area contributed by atoms with Crippen LogP contribution in [0.5, 0.6) is 0 Å². The standard InChI is InChI=1S/C17H16FN3/c18-14-6-2-1-4-12(14)9-11-20-16-8-7-15(19)17-13(16)5-3-10-21-17/h1-8,10,20H,9,11,19H2. The summed E-state index contributed by atoms with van der Waals surface area (Å²) in [6.45, 7) is 0.648. The SMILES string of the molecule is Nc1ccc(NCCc2ccccc2F)c2cccnc12. The summed E-state index contributed by atoms with van der Waals surface area (Å²) in [5, 5.41) is 4.31. The molecular weight excluding hydrogens is 265 g/mol. The molecule has 2 aromatic carbocycles. The van der Waals surface area contributed by atoms with Crippen LogP contribution in [0.4, 0.5) is 15.8 Å². The summed E-state index contributed by atoms with van der Waals surface area (Å²) in [6, 6.07) is 14.5. The average Bonchev–Trinajstić information content (AvgIpc) is 2.52. The molecule has 3 rings (SSSR count). The van der Waals surface area contributed by atoms with Gasteiger partial charge in [0.25, 0.3) is 0 Å². The lowest BCUT2D eigenvalue weighted by Gasteiger charge is -2.11. The van der Waals surface area contributed by atoms with Crippen molar-refractivity contribution in [2.45, 2.75) is 6.42 Å². The maximum absolute atomic E-state index is 13.6. The molecule has 106 valence electrons. The first-order chi connectivity index (χ1) is 10.3. The first-order valence-electron chi connectivity index (χ1n) is 6.86. The van der Waals surface area contributed by atoms with Crippen LogP contribution in [0.25, 0.3) is 10.9 Å². The van der Waals surface area contributed by atoms with Gasteiger partial charge in [-0.3, -0.25) is 4.98 Å². The molecular formula is C17H16FN3. The number of benzene rings is 2. The van der Waals surface area contributed by atoms with E-state index < -0.39 is 0 Å². The Morgan fingerprint density at radius 3 is 2.76 bits per heavy atom. The highest BCUT2D eigenvalue weighted by Gasteiger charge is 2.05. The van der Waals surface area contributed by atoms with Crippen molar-refractivity contribution >= 4 is 22.3 Å². The number of pyridine rings is 1. The predicted molar refractivity (Wildman–Crippen MR) is 84.7 cm³/mol. The molecule has 0 aliphatic rings. The van der Waals surface area contributed by atoms with Gasteiger partial charge in [0, 0.05) is 23.8 Å². The van der Waals surface area contributed by atoms with Crippen molar-refractivity contribution in [2.24, 2.45) is 0 Å². The van der Waals surface area contributed by atoms with Crippen LogP contribution < -0.4 is 11.1 Å². The van der Waals surface area contributed by atoms with Crippen molar-refractivity contribution in [1.82, 2.24) is 4.98 Å². The minimum absolute atomic E-state index is 0.164. The number of hydrogen-bond acceptors (Lipinski definition) is 3. The molecule has 0 saturated carbocycles. The third kappa shape index (κ3) is 2.79. The number of rotatable bonds is 4. The fourth-order valence-corrected chi connectivity index (χ4v) is 2.38. The molecule has 3 nitrogen and oxygen atoms in total. The number of hydrogen-bond donors (Lipinski definition) is 2. The Morgan fingerprint density at radius 2 is 1.90 bits per heavy atom. The molecule has 0 aliphatic carbocycles. The fourth-order valence-electron chi connectivity index (χ4n) is 2.38. The molecule has 0 unspecified atom stereocenters. The van der Waals surface area contributed by atoms with Gasteiger partial charge in [-0.05, 0) is 42.3 Å². The van der Waals surface area contributed by atoms with E-state index in [4.69, 9.17) is 5.73 Å². The van der Waals surface area contributed by atoms with E-state index >= 15 is 0 Å². The number of aromatic nitrogens is 1. The maximum Gasteiger partial charge on any atom is 0.126 e. The first-order valence-corrected chi connectivity index (χ1v) is 6.86. The average molecular weight is 281 g/mol. The summed E-state index contributed by atoms with van der Waals surface area (Å²) in [7, 11) is 0. The number of nitrogen functional groups attached to an aromatic ring is 1. The second-order valence-electron chi connectivity index (χ2n) is 4.87. The van der Waals surface area contributed by atoms with Crippen LogP contribution in [0.2, 0.25) is 0 Å². The molecule has 0 amide bonds. The molecule has 0 radical (unpaired) electrons. The Bertz CT molecular complexity index is 771. The summed E-state index contributed by atoms with van der Waals surface area (Å²) < 4.78 is 13.6. The van der Waals surface area contributed by atoms with Crippen molar-refractivity contribution in [3.8, 4) is 0 Å². The monoisotopic (exact) mass is 281 g/mol. The third-order valence-electron chi connectivity index (χ3n) is 3.47. The predicted octanol–water partition coefficient (Wildman–Crippen LogP) is 3.61. The number of fused-ring (bicyclic) bond motifs is 1. The highest BCUT2D eigenvalue weighted by molar-refractivity contribution is 5.98. The van der Waals surface area contributed by atoms with Crippen LogP contribution in [0.15, 0.2) is 54.7 Å². The molecule has 0 spiro atoms. The normalized spacial score (nSPS) is 10.7. The van der Waals surface area contributed by atoms with E-state index in [1.165, 1.54) is 6.07 Å².